The van der Waals surface area contributed by atoms with Gasteiger partial charge in [0.15, 0.2) is 5.11 Å². The lowest BCUT2D eigenvalue weighted by Crippen LogP contribution is -2.32. The first-order chi connectivity index (χ1) is 14.2. The highest BCUT2D eigenvalue weighted by atomic mass is 79.9. The van der Waals surface area contributed by atoms with Crippen molar-refractivity contribution in [2.45, 2.75) is 18.5 Å². The van der Waals surface area contributed by atoms with Crippen molar-refractivity contribution in [3.63, 3.8) is 0 Å². The summed E-state index contributed by atoms with van der Waals surface area (Å²) in [6.07, 6.45) is 4.84. The van der Waals surface area contributed by atoms with Gasteiger partial charge < -0.3 is 19.5 Å². The van der Waals surface area contributed by atoms with Crippen LogP contribution in [0.5, 0.6) is 0 Å². The van der Waals surface area contributed by atoms with Gasteiger partial charge in [-0.2, -0.15) is 0 Å². The normalized spacial score (nSPS) is 18.8. The fourth-order valence-corrected chi connectivity index (χ4v) is 4.42. The Morgan fingerprint density at radius 3 is 2.69 bits per heavy atom. The highest BCUT2D eigenvalue weighted by molar-refractivity contribution is 9.10. The molecular weight excluding hydrogens is 448 g/mol. The summed E-state index contributed by atoms with van der Waals surface area (Å²) in [6, 6.07) is 18.6. The minimum atomic E-state index is -0.0182. The highest BCUT2D eigenvalue weighted by Gasteiger charge is 2.40. The van der Waals surface area contributed by atoms with E-state index in [1.54, 1.807) is 7.11 Å². The van der Waals surface area contributed by atoms with Gasteiger partial charge >= 0.3 is 0 Å². The van der Waals surface area contributed by atoms with E-state index in [9.17, 15) is 0 Å². The van der Waals surface area contributed by atoms with Crippen LogP contribution in [0.2, 0.25) is 0 Å². The second-order valence-electron chi connectivity index (χ2n) is 6.95. The number of benzene rings is 1. The van der Waals surface area contributed by atoms with Gasteiger partial charge in [0, 0.05) is 48.5 Å². The minimum absolute atomic E-state index is 0.0182. The molecule has 2 aromatic heterocycles. The molecule has 4 rings (SSSR count). The van der Waals surface area contributed by atoms with Crippen LogP contribution in [-0.2, 0) is 4.74 Å². The van der Waals surface area contributed by atoms with Crippen molar-refractivity contribution in [1.29, 1.82) is 0 Å². The summed E-state index contributed by atoms with van der Waals surface area (Å²) in [6.45, 7) is 1.52. The molecule has 3 aromatic rings. The molecule has 3 heterocycles. The van der Waals surface area contributed by atoms with E-state index in [2.05, 4.69) is 84.4 Å². The first-order valence-electron chi connectivity index (χ1n) is 9.59. The predicted molar refractivity (Wildman–Crippen MR) is 122 cm³/mol. The number of nitrogens with one attached hydrogen (secondary N) is 1. The number of hydrogen-bond acceptors (Lipinski definition) is 3. The van der Waals surface area contributed by atoms with Gasteiger partial charge in [-0.15, -0.1) is 0 Å². The van der Waals surface area contributed by atoms with Crippen LogP contribution in [0.3, 0.4) is 0 Å². The number of pyridine rings is 1. The lowest BCUT2D eigenvalue weighted by molar-refractivity contribution is 0.180. The fraction of sp³-hybridized carbons (Fsp3) is 0.273. The van der Waals surface area contributed by atoms with Gasteiger partial charge in [-0.25, -0.2) is 0 Å². The molecule has 1 saturated heterocycles. The quantitative estimate of drug-likeness (QED) is 0.402. The van der Waals surface area contributed by atoms with E-state index in [1.807, 2.05) is 18.3 Å². The molecule has 0 saturated carbocycles. The number of rotatable bonds is 7. The van der Waals surface area contributed by atoms with Gasteiger partial charge in [0.2, 0.25) is 0 Å². The second-order valence-corrected chi connectivity index (χ2v) is 8.25. The Hall–Kier alpha value is -2.22. The van der Waals surface area contributed by atoms with Crippen molar-refractivity contribution in [2.75, 3.05) is 20.3 Å². The Labute approximate surface area is 184 Å². The van der Waals surface area contributed by atoms with Crippen molar-refractivity contribution in [3.05, 3.63) is 82.9 Å². The van der Waals surface area contributed by atoms with E-state index >= 15 is 0 Å². The summed E-state index contributed by atoms with van der Waals surface area (Å²) in [5.74, 6) is 0. The highest BCUT2D eigenvalue weighted by Crippen LogP contribution is 2.39. The van der Waals surface area contributed by atoms with Gasteiger partial charge in [0.25, 0.3) is 0 Å². The number of methoxy groups -OCH3 is 1. The van der Waals surface area contributed by atoms with Crippen LogP contribution in [-0.4, -0.2) is 39.8 Å². The standard InChI is InChI=1S/C22H23BrN4OS/c1-28-15-5-14-27-21(20(25-22(27)29)18-6-2-3-12-24-18)19-7-4-13-26(19)17-10-8-16(23)9-11-17/h2-4,6-13,20-21H,5,14-15H2,1H3,(H,25,29)/t20-,21-/m1/s1. The Morgan fingerprint density at radius 1 is 1.14 bits per heavy atom. The lowest BCUT2D eigenvalue weighted by Gasteiger charge is -2.29. The van der Waals surface area contributed by atoms with Crippen LogP contribution >= 0.6 is 28.1 Å². The fourth-order valence-electron chi connectivity index (χ4n) is 3.82. The van der Waals surface area contributed by atoms with Crippen molar-refractivity contribution < 1.29 is 4.74 Å². The Kier molecular flexibility index (Phi) is 6.28. The van der Waals surface area contributed by atoms with E-state index in [4.69, 9.17) is 17.0 Å². The Balaban J connectivity index is 1.75. The van der Waals surface area contributed by atoms with E-state index in [1.165, 1.54) is 5.69 Å². The van der Waals surface area contributed by atoms with E-state index in [-0.39, 0.29) is 12.1 Å². The molecule has 1 aliphatic heterocycles. The second kappa shape index (κ2) is 9.07. The molecule has 1 fully saturated rings. The molecule has 150 valence electrons. The average Bonchev–Trinajstić information content (AvgIpc) is 3.34. The molecule has 0 unspecified atom stereocenters. The SMILES string of the molecule is COCCCN1C(=S)N[C@H](c2ccccn2)[C@H]1c1cccn1-c1ccc(Br)cc1. The zero-order valence-electron chi connectivity index (χ0n) is 16.2. The van der Waals surface area contributed by atoms with E-state index < -0.39 is 0 Å². The molecule has 29 heavy (non-hydrogen) atoms. The van der Waals surface area contributed by atoms with Crippen molar-refractivity contribution in [3.8, 4) is 5.69 Å². The summed E-state index contributed by atoms with van der Waals surface area (Å²) < 4.78 is 8.56. The molecule has 1 N–H and O–H groups in total. The first kappa shape index (κ1) is 20.1. The predicted octanol–water partition coefficient (Wildman–Crippen LogP) is 4.64. The van der Waals surface area contributed by atoms with Crippen molar-refractivity contribution >= 4 is 33.3 Å². The molecule has 2 atom stereocenters. The molecule has 0 aliphatic carbocycles. The maximum atomic E-state index is 5.73. The third-order valence-electron chi connectivity index (χ3n) is 5.13. The molecule has 7 heteroatoms. The van der Waals surface area contributed by atoms with Crippen LogP contribution < -0.4 is 5.32 Å². The number of nitrogens with zero attached hydrogens (tertiary/aromatic N) is 3. The monoisotopic (exact) mass is 470 g/mol. The van der Waals surface area contributed by atoms with Crippen LogP contribution in [0.15, 0.2) is 71.5 Å². The van der Waals surface area contributed by atoms with E-state index in [0.29, 0.717) is 6.61 Å². The summed E-state index contributed by atoms with van der Waals surface area (Å²) in [5, 5.41) is 4.26. The minimum Gasteiger partial charge on any atom is -0.385 e. The van der Waals surface area contributed by atoms with Gasteiger partial charge in [-0.1, -0.05) is 22.0 Å². The molecule has 0 radical (unpaired) electrons. The molecule has 1 aromatic carbocycles. The Bertz CT molecular complexity index is 960. The number of aromatic nitrogens is 2. The van der Waals surface area contributed by atoms with Crippen LogP contribution in [0.4, 0.5) is 0 Å². The topological polar surface area (TPSA) is 42.3 Å². The van der Waals surface area contributed by atoms with Crippen LogP contribution in [0.1, 0.15) is 29.9 Å². The summed E-state index contributed by atoms with van der Waals surface area (Å²) in [7, 11) is 1.73. The van der Waals surface area contributed by atoms with Crippen molar-refractivity contribution in [1.82, 2.24) is 19.8 Å². The van der Waals surface area contributed by atoms with Gasteiger partial charge in [-0.05, 0) is 67.2 Å². The van der Waals surface area contributed by atoms with Crippen LogP contribution in [0.25, 0.3) is 5.69 Å². The molecule has 5 nitrogen and oxygen atoms in total. The molecule has 0 bridgehead atoms. The zero-order chi connectivity index (χ0) is 20.2. The number of hydrogen-bond donors (Lipinski definition) is 1. The summed E-state index contributed by atoms with van der Waals surface area (Å²) >= 11 is 9.25. The summed E-state index contributed by atoms with van der Waals surface area (Å²) in [4.78, 5) is 6.87. The number of thiocarbonyl (C=S) groups is 1. The molecule has 1 aliphatic rings. The molecular formula is C22H23BrN4OS. The molecule has 0 spiro atoms. The third-order valence-corrected chi connectivity index (χ3v) is 6.01. The largest absolute Gasteiger partial charge is 0.385 e. The smallest absolute Gasteiger partial charge is 0.170 e. The Morgan fingerprint density at radius 2 is 1.97 bits per heavy atom. The number of ether oxygens (including phenoxy) is 1. The maximum Gasteiger partial charge on any atom is 0.170 e. The van der Waals surface area contributed by atoms with Crippen LogP contribution in [0, 0.1) is 0 Å². The molecule has 0 amide bonds. The zero-order valence-corrected chi connectivity index (χ0v) is 18.6. The van der Waals surface area contributed by atoms with Crippen molar-refractivity contribution in [2.24, 2.45) is 0 Å². The van der Waals surface area contributed by atoms with E-state index in [0.717, 1.165) is 33.9 Å². The average molecular weight is 471 g/mol. The number of halogens is 1. The maximum absolute atomic E-state index is 5.73. The van der Waals surface area contributed by atoms with Gasteiger partial charge in [-0.3, -0.25) is 4.98 Å². The third kappa shape index (κ3) is 4.22. The van der Waals surface area contributed by atoms with Gasteiger partial charge in [0.1, 0.15) is 0 Å². The van der Waals surface area contributed by atoms with Gasteiger partial charge in [0.05, 0.1) is 17.8 Å². The summed E-state index contributed by atoms with van der Waals surface area (Å²) in [5.41, 5.74) is 3.27. The lowest BCUT2D eigenvalue weighted by atomic mass is 10.0. The first-order valence-corrected chi connectivity index (χ1v) is 10.8.